The zero-order chi connectivity index (χ0) is 9.10. The van der Waals surface area contributed by atoms with Crippen LogP contribution in [-0.2, 0) is 6.42 Å². The molecule has 0 bridgehead atoms. The van der Waals surface area contributed by atoms with Gasteiger partial charge in [0.15, 0.2) is 0 Å². The summed E-state index contributed by atoms with van der Waals surface area (Å²) in [4.78, 5) is 4.31. The Morgan fingerprint density at radius 3 is 3.38 bits per heavy atom. The lowest BCUT2D eigenvalue weighted by atomic mass is 10.1. The van der Waals surface area contributed by atoms with Gasteiger partial charge in [-0.15, -0.1) is 0 Å². The van der Waals surface area contributed by atoms with E-state index in [1.165, 1.54) is 5.56 Å². The number of hydrogen-bond donors (Lipinski definition) is 1. The zero-order valence-corrected chi connectivity index (χ0v) is 7.33. The van der Waals surface area contributed by atoms with Crippen molar-refractivity contribution in [2.75, 3.05) is 6.61 Å². The fourth-order valence-corrected chi connectivity index (χ4v) is 1.72. The van der Waals surface area contributed by atoms with Gasteiger partial charge in [-0.3, -0.25) is 4.98 Å². The highest BCUT2D eigenvalue weighted by Gasteiger charge is 2.21. The molecule has 0 fully saturated rings. The number of nitrogens with zero attached hydrogens (tertiary/aromatic N) is 1. The van der Waals surface area contributed by atoms with Gasteiger partial charge in [0.05, 0.1) is 11.6 Å². The molecule has 0 saturated carbocycles. The van der Waals surface area contributed by atoms with Crippen LogP contribution >= 0.6 is 0 Å². The molecule has 0 radical (unpaired) electrons. The maximum Gasteiger partial charge on any atom is 0.104 e. The van der Waals surface area contributed by atoms with E-state index in [1.54, 1.807) is 6.20 Å². The normalized spacial score (nSPS) is 19.0. The fourth-order valence-electron chi connectivity index (χ4n) is 1.72. The van der Waals surface area contributed by atoms with E-state index in [2.05, 4.69) is 22.9 Å². The maximum absolute atomic E-state index is 8.58. The fraction of sp³-hybridized carbons (Fsp3) is 0.364. The Bertz CT molecular complexity index is 362. The van der Waals surface area contributed by atoms with Gasteiger partial charge in [-0.05, 0) is 24.5 Å². The van der Waals surface area contributed by atoms with Crippen LogP contribution in [0.15, 0.2) is 18.3 Å². The molecule has 1 aromatic heterocycles. The molecule has 0 saturated heterocycles. The van der Waals surface area contributed by atoms with Crippen molar-refractivity contribution in [3.05, 3.63) is 29.6 Å². The number of aromatic nitrogens is 1. The van der Waals surface area contributed by atoms with E-state index in [9.17, 15) is 0 Å². The van der Waals surface area contributed by atoms with E-state index < -0.39 is 0 Å². The first-order valence-electron chi connectivity index (χ1n) is 4.45. The SMILES string of the molecule is OCC#CC1CCc2cccnc21. The van der Waals surface area contributed by atoms with E-state index in [-0.39, 0.29) is 12.5 Å². The zero-order valence-electron chi connectivity index (χ0n) is 7.33. The number of hydrogen-bond acceptors (Lipinski definition) is 2. The van der Waals surface area contributed by atoms with Crippen molar-refractivity contribution in [3.8, 4) is 11.8 Å². The van der Waals surface area contributed by atoms with Crippen LogP contribution in [0.1, 0.15) is 23.6 Å². The molecule has 2 nitrogen and oxygen atoms in total. The van der Waals surface area contributed by atoms with Crippen LogP contribution in [-0.4, -0.2) is 16.7 Å². The minimum Gasteiger partial charge on any atom is -0.384 e. The molecule has 2 rings (SSSR count). The number of aryl methyl sites for hydroxylation is 1. The number of pyridine rings is 1. The van der Waals surface area contributed by atoms with Gasteiger partial charge >= 0.3 is 0 Å². The van der Waals surface area contributed by atoms with E-state index in [4.69, 9.17) is 5.11 Å². The second kappa shape index (κ2) is 3.59. The predicted octanol–water partition coefficient (Wildman–Crippen LogP) is 1.11. The van der Waals surface area contributed by atoms with Gasteiger partial charge in [-0.2, -0.15) is 0 Å². The Balaban J connectivity index is 2.28. The van der Waals surface area contributed by atoms with Gasteiger partial charge in [-0.25, -0.2) is 0 Å². The van der Waals surface area contributed by atoms with E-state index >= 15 is 0 Å². The highest BCUT2D eigenvalue weighted by molar-refractivity contribution is 5.34. The van der Waals surface area contributed by atoms with Crippen LogP contribution in [0.3, 0.4) is 0 Å². The first kappa shape index (κ1) is 8.28. The minimum absolute atomic E-state index is 0.0569. The second-order valence-corrected chi connectivity index (χ2v) is 3.12. The predicted molar refractivity (Wildman–Crippen MR) is 50.2 cm³/mol. The third-order valence-electron chi connectivity index (χ3n) is 2.31. The van der Waals surface area contributed by atoms with Crippen LogP contribution < -0.4 is 0 Å². The van der Waals surface area contributed by atoms with Crippen LogP contribution in [0, 0.1) is 11.8 Å². The van der Waals surface area contributed by atoms with Crippen molar-refractivity contribution >= 4 is 0 Å². The molecule has 1 aromatic rings. The van der Waals surface area contributed by atoms with Crippen LogP contribution in [0.5, 0.6) is 0 Å². The summed E-state index contributed by atoms with van der Waals surface area (Å²) in [5.41, 5.74) is 2.41. The molecule has 1 aliphatic carbocycles. The summed E-state index contributed by atoms with van der Waals surface area (Å²) >= 11 is 0. The van der Waals surface area contributed by atoms with Crippen LogP contribution in [0.2, 0.25) is 0 Å². The largest absolute Gasteiger partial charge is 0.384 e. The van der Waals surface area contributed by atoms with Gasteiger partial charge in [0.1, 0.15) is 6.61 Å². The Morgan fingerprint density at radius 2 is 2.54 bits per heavy atom. The van der Waals surface area contributed by atoms with Gasteiger partial charge in [0.25, 0.3) is 0 Å². The van der Waals surface area contributed by atoms with E-state index in [1.807, 2.05) is 6.07 Å². The second-order valence-electron chi connectivity index (χ2n) is 3.12. The number of aliphatic hydroxyl groups is 1. The van der Waals surface area contributed by atoms with Gasteiger partial charge in [-0.1, -0.05) is 17.9 Å². The Labute approximate surface area is 77.6 Å². The van der Waals surface area contributed by atoms with Gasteiger partial charge < -0.3 is 5.11 Å². The highest BCUT2D eigenvalue weighted by atomic mass is 16.2. The third kappa shape index (κ3) is 1.56. The number of aliphatic hydroxyl groups excluding tert-OH is 1. The van der Waals surface area contributed by atoms with Crippen molar-refractivity contribution in [1.82, 2.24) is 4.98 Å². The molecule has 0 spiro atoms. The van der Waals surface area contributed by atoms with Crippen LogP contribution in [0.4, 0.5) is 0 Å². The summed E-state index contributed by atoms with van der Waals surface area (Å²) in [7, 11) is 0. The molecule has 1 N–H and O–H groups in total. The Hall–Kier alpha value is -1.33. The summed E-state index contributed by atoms with van der Waals surface area (Å²) in [5, 5.41) is 8.58. The van der Waals surface area contributed by atoms with Crippen molar-refractivity contribution in [3.63, 3.8) is 0 Å². The number of fused-ring (bicyclic) bond motifs is 1. The lowest BCUT2D eigenvalue weighted by Crippen LogP contribution is -1.93. The average molecular weight is 173 g/mol. The first-order chi connectivity index (χ1) is 6.42. The minimum atomic E-state index is -0.0569. The molecule has 13 heavy (non-hydrogen) atoms. The van der Waals surface area contributed by atoms with Crippen molar-refractivity contribution < 1.29 is 5.11 Å². The lowest BCUT2D eigenvalue weighted by molar-refractivity contribution is 0.350. The summed E-state index contributed by atoms with van der Waals surface area (Å²) < 4.78 is 0. The topological polar surface area (TPSA) is 33.1 Å². The first-order valence-corrected chi connectivity index (χ1v) is 4.45. The van der Waals surface area contributed by atoms with Crippen molar-refractivity contribution in [1.29, 1.82) is 0 Å². The van der Waals surface area contributed by atoms with E-state index in [0.29, 0.717) is 0 Å². The molecule has 1 unspecified atom stereocenters. The quantitative estimate of drug-likeness (QED) is 0.596. The molecule has 1 aliphatic rings. The molecule has 2 heteroatoms. The van der Waals surface area contributed by atoms with Gasteiger partial charge in [0, 0.05) is 6.20 Å². The molecule has 66 valence electrons. The number of rotatable bonds is 0. The lowest BCUT2D eigenvalue weighted by Gasteiger charge is -2.00. The molecular formula is C11H11NO. The van der Waals surface area contributed by atoms with E-state index in [0.717, 1.165) is 18.5 Å². The molecular weight excluding hydrogens is 162 g/mol. The maximum atomic E-state index is 8.58. The van der Waals surface area contributed by atoms with Crippen molar-refractivity contribution in [2.24, 2.45) is 0 Å². The molecule has 1 heterocycles. The average Bonchev–Trinajstić information content (AvgIpc) is 2.58. The molecule has 0 aromatic carbocycles. The van der Waals surface area contributed by atoms with Gasteiger partial charge in [0.2, 0.25) is 0 Å². The third-order valence-corrected chi connectivity index (χ3v) is 2.31. The monoisotopic (exact) mass is 173 g/mol. The smallest absolute Gasteiger partial charge is 0.104 e. The Kier molecular flexibility index (Phi) is 2.29. The standard InChI is InChI=1S/C11H11NO/c13-8-2-4-10-6-5-9-3-1-7-12-11(9)10/h1,3,7,10,13H,5-6,8H2. The summed E-state index contributed by atoms with van der Waals surface area (Å²) in [6.45, 7) is -0.0569. The Morgan fingerprint density at radius 1 is 1.62 bits per heavy atom. The molecule has 1 atom stereocenters. The summed E-state index contributed by atoms with van der Waals surface area (Å²) in [6.07, 6.45) is 3.91. The summed E-state index contributed by atoms with van der Waals surface area (Å²) in [6, 6.07) is 4.06. The summed E-state index contributed by atoms with van der Waals surface area (Å²) in [5.74, 6) is 5.96. The van der Waals surface area contributed by atoms with Crippen molar-refractivity contribution in [2.45, 2.75) is 18.8 Å². The molecule has 0 amide bonds. The molecule has 0 aliphatic heterocycles. The highest BCUT2D eigenvalue weighted by Crippen LogP contribution is 2.29. The van der Waals surface area contributed by atoms with Crippen LogP contribution in [0.25, 0.3) is 0 Å².